The summed E-state index contributed by atoms with van der Waals surface area (Å²) in [7, 11) is 0. The van der Waals surface area contributed by atoms with Crippen LogP contribution in [0.25, 0.3) is 0 Å². The molecule has 1 aromatic heterocycles. The highest BCUT2D eigenvalue weighted by Crippen LogP contribution is 2.10. The molecule has 0 saturated carbocycles. The van der Waals surface area contributed by atoms with Crippen LogP contribution < -0.4 is 10.6 Å². The van der Waals surface area contributed by atoms with Gasteiger partial charge in [-0.25, -0.2) is 4.79 Å². The lowest BCUT2D eigenvalue weighted by atomic mass is 10.1. The van der Waals surface area contributed by atoms with Crippen LogP contribution in [0.15, 0.2) is 16.7 Å². The van der Waals surface area contributed by atoms with E-state index in [2.05, 4.69) is 10.6 Å². The van der Waals surface area contributed by atoms with Crippen LogP contribution in [0.5, 0.6) is 0 Å². The van der Waals surface area contributed by atoms with Gasteiger partial charge in [0, 0.05) is 6.54 Å². The first-order chi connectivity index (χ1) is 8.66. The number of amides is 1. The van der Waals surface area contributed by atoms with Crippen LogP contribution in [0, 0.1) is 0 Å². The summed E-state index contributed by atoms with van der Waals surface area (Å²) in [5.41, 5.74) is 0.122. The Morgan fingerprint density at radius 3 is 3.11 bits per heavy atom. The van der Waals surface area contributed by atoms with Gasteiger partial charge in [0.1, 0.15) is 12.0 Å². The Labute approximate surface area is 104 Å². The lowest BCUT2D eigenvalue weighted by molar-refractivity contribution is -0.122. The SMILES string of the molecule is O=C(O)c1coc(CNC2CCCCNC2=O)c1. The van der Waals surface area contributed by atoms with Crippen LogP contribution in [0.1, 0.15) is 35.4 Å². The largest absolute Gasteiger partial charge is 0.478 e. The molecule has 1 atom stereocenters. The van der Waals surface area contributed by atoms with Gasteiger partial charge in [-0.15, -0.1) is 0 Å². The van der Waals surface area contributed by atoms with Gasteiger partial charge < -0.3 is 14.8 Å². The fourth-order valence-corrected chi connectivity index (χ4v) is 1.94. The lowest BCUT2D eigenvalue weighted by Gasteiger charge is -2.13. The van der Waals surface area contributed by atoms with Crippen LogP contribution in [-0.2, 0) is 11.3 Å². The van der Waals surface area contributed by atoms with Crippen molar-refractivity contribution in [1.82, 2.24) is 10.6 Å². The lowest BCUT2D eigenvalue weighted by Crippen LogP contribution is -2.42. The van der Waals surface area contributed by atoms with E-state index in [0.29, 0.717) is 12.3 Å². The number of hydrogen-bond acceptors (Lipinski definition) is 4. The van der Waals surface area contributed by atoms with Crippen molar-refractivity contribution in [2.24, 2.45) is 0 Å². The maximum Gasteiger partial charge on any atom is 0.338 e. The second kappa shape index (κ2) is 5.68. The van der Waals surface area contributed by atoms with Crippen LogP contribution in [-0.4, -0.2) is 29.6 Å². The molecule has 18 heavy (non-hydrogen) atoms. The number of aromatic carboxylic acids is 1. The Bertz CT molecular complexity index is 441. The van der Waals surface area contributed by atoms with E-state index in [1.54, 1.807) is 0 Å². The molecular weight excluding hydrogens is 236 g/mol. The first kappa shape index (κ1) is 12.6. The molecule has 0 aromatic carbocycles. The topological polar surface area (TPSA) is 91.6 Å². The van der Waals surface area contributed by atoms with Crippen molar-refractivity contribution in [3.8, 4) is 0 Å². The summed E-state index contributed by atoms with van der Waals surface area (Å²) in [5, 5.41) is 14.7. The van der Waals surface area contributed by atoms with Gasteiger partial charge in [-0.3, -0.25) is 10.1 Å². The average molecular weight is 252 g/mol. The number of carboxylic acids is 1. The first-order valence-corrected chi connectivity index (χ1v) is 5.98. The van der Waals surface area contributed by atoms with E-state index in [4.69, 9.17) is 9.52 Å². The van der Waals surface area contributed by atoms with Crippen LogP contribution in [0.3, 0.4) is 0 Å². The predicted octanol–water partition coefficient (Wildman–Crippen LogP) is 0.736. The van der Waals surface area contributed by atoms with Gasteiger partial charge in [-0.2, -0.15) is 0 Å². The minimum absolute atomic E-state index is 0.00230. The third-order valence-electron chi connectivity index (χ3n) is 2.96. The summed E-state index contributed by atoms with van der Waals surface area (Å²) in [5.74, 6) is -0.501. The third-order valence-corrected chi connectivity index (χ3v) is 2.96. The first-order valence-electron chi connectivity index (χ1n) is 5.98. The molecule has 98 valence electrons. The summed E-state index contributed by atoms with van der Waals surface area (Å²) in [4.78, 5) is 22.3. The molecule has 3 N–H and O–H groups in total. The molecule has 0 aliphatic carbocycles. The van der Waals surface area contributed by atoms with Crippen molar-refractivity contribution >= 4 is 11.9 Å². The second-order valence-corrected chi connectivity index (χ2v) is 4.33. The summed E-state index contributed by atoms with van der Waals surface area (Å²) >= 11 is 0. The van der Waals surface area contributed by atoms with Crippen molar-refractivity contribution in [3.63, 3.8) is 0 Å². The summed E-state index contributed by atoms with van der Waals surface area (Å²) in [6.07, 6.45) is 3.98. The normalized spacial score (nSPS) is 20.2. The maximum absolute atomic E-state index is 11.7. The minimum Gasteiger partial charge on any atom is -0.478 e. The molecule has 1 fully saturated rings. The van der Waals surface area contributed by atoms with Crippen LogP contribution in [0.4, 0.5) is 0 Å². The zero-order valence-corrected chi connectivity index (χ0v) is 9.94. The van der Waals surface area contributed by atoms with Gasteiger partial charge in [0.05, 0.1) is 18.2 Å². The van der Waals surface area contributed by atoms with Gasteiger partial charge >= 0.3 is 5.97 Å². The molecule has 1 amide bonds. The Hall–Kier alpha value is -1.82. The molecule has 2 heterocycles. The quantitative estimate of drug-likeness (QED) is 0.735. The molecule has 0 spiro atoms. The van der Waals surface area contributed by atoms with Gasteiger partial charge in [0.2, 0.25) is 5.91 Å². The van der Waals surface area contributed by atoms with Gasteiger partial charge in [0.25, 0.3) is 0 Å². The highest BCUT2D eigenvalue weighted by atomic mass is 16.4. The van der Waals surface area contributed by atoms with E-state index in [0.717, 1.165) is 25.8 Å². The molecule has 1 unspecified atom stereocenters. The van der Waals surface area contributed by atoms with Gasteiger partial charge in [-0.1, -0.05) is 0 Å². The van der Waals surface area contributed by atoms with Crippen molar-refractivity contribution in [2.45, 2.75) is 31.8 Å². The van der Waals surface area contributed by atoms with E-state index in [1.165, 1.54) is 12.3 Å². The van der Waals surface area contributed by atoms with E-state index in [1.807, 2.05) is 0 Å². The summed E-state index contributed by atoms with van der Waals surface area (Å²) < 4.78 is 5.11. The van der Waals surface area contributed by atoms with Crippen molar-refractivity contribution in [1.29, 1.82) is 0 Å². The molecule has 0 radical (unpaired) electrons. The van der Waals surface area contributed by atoms with Crippen LogP contribution in [0.2, 0.25) is 0 Å². The predicted molar refractivity (Wildman–Crippen MR) is 63.2 cm³/mol. The van der Waals surface area contributed by atoms with E-state index < -0.39 is 5.97 Å². The van der Waals surface area contributed by atoms with Gasteiger partial charge in [-0.05, 0) is 25.3 Å². The minimum atomic E-state index is -1.02. The molecule has 1 aliphatic rings. The Kier molecular flexibility index (Phi) is 3.99. The molecule has 1 aromatic rings. The van der Waals surface area contributed by atoms with Crippen molar-refractivity contribution in [2.75, 3.05) is 6.54 Å². The van der Waals surface area contributed by atoms with E-state index >= 15 is 0 Å². The van der Waals surface area contributed by atoms with Crippen molar-refractivity contribution < 1.29 is 19.1 Å². The number of rotatable bonds is 4. The number of furan rings is 1. The fraction of sp³-hybridized carbons (Fsp3) is 0.500. The standard InChI is InChI=1S/C12H16N2O4/c15-11-10(3-1-2-4-13-11)14-6-9-5-8(7-18-9)12(16)17/h5,7,10,14H,1-4,6H2,(H,13,15)(H,16,17). The number of carbonyl (C=O) groups excluding carboxylic acids is 1. The number of nitrogens with one attached hydrogen (secondary N) is 2. The molecule has 0 bridgehead atoms. The summed E-state index contributed by atoms with van der Waals surface area (Å²) in [6.45, 7) is 1.08. The summed E-state index contributed by atoms with van der Waals surface area (Å²) in [6, 6.07) is 1.23. The average Bonchev–Trinajstić information content (AvgIpc) is 2.72. The Morgan fingerprint density at radius 2 is 2.39 bits per heavy atom. The number of carbonyl (C=O) groups is 2. The van der Waals surface area contributed by atoms with Crippen LogP contribution >= 0.6 is 0 Å². The zero-order chi connectivity index (χ0) is 13.0. The third kappa shape index (κ3) is 3.10. The monoisotopic (exact) mass is 252 g/mol. The van der Waals surface area contributed by atoms with Gasteiger partial charge in [0.15, 0.2) is 0 Å². The molecule has 2 rings (SSSR count). The fourth-order valence-electron chi connectivity index (χ4n) is 1.94. The smallest absolute Gasteiger partial charge is 0.338 e. The molecule has 6 nitrogen and oxygen atoms in total. The van der Waals surface area contributed by atoms with E-state index in [9.17, 15) is 9.59 Å². The maximum atomic E-state index is 11.7. The second-order valence-electron chi connectivity index (χ2n) is 4.33. The molecular formula is C12H16N2O4. The number of carboxylic acid groups (broad SMARTS) is 1. The van der Waals surface area contributed by atoms with E-state index in [-0.39, 0.29) is 17.5 Å². The molecule has 1 aliphatic heterocycles. The van der Waals surface area contributed by atoms with Crippen molar-refractivity contribution in [3.05, 3.63) is 23.7 Å². The highest BCUT2D eigenvalue weighted by molar-refractivity contribution is 5.87. The zero-order valence-electron chi connectivity index (χ0n) is 9.94. The number of hydrogen-bond donors (Lipinski definition) is 3. The highest BCUT2D eigenvalue weighted by Gasteiger charge is 2.20. The Morgan fingerprint density at radius 1 is 1.56 bits per heavy atom. The molecule has 6 heteroatoms. The molecule has 1 saturated heterocycles. The Balaban J connectivity index is 1.89.